The molecule has 1 aliphatic rings. The van der Waals surface area contributed by atoms with Gasteiger partial charge in [0, 0.05) is 65.8 Å². The van der Waals surface area contributed by atoms with Crippen molar-refractivity contribution in [2.24, 2.45) is 4.99 Å². The van der Waals surface area contributed by atoms with Gasteiger partial charge in [0.2, 0.25) is 0 Å². The Balaban J connectivity index is 1.08. The van der Waals surface area contributed by atoms with Gasteiger partial charge in [-0.1, -0.05) is 40.2 Å². The van der Waals surface area contributed by atoms with Crippen LogP contribution < -0.4 is 0 Å². The number of thiophene rings is 2. The van der Waals surface area contributed by atoms with Crippen molar-refractivity contribution in [2.45, 2.75) is 19.8 Å². The number of aliphatic imine (C=N–C) groups is 1. The molecule has 2 aromatic carbocycles. The number of Topliss-reactive ketones (excluding diaryl/α,β-unsaturated/α-hetero) is 2. The third-order valence-electron chi connectivity index (χ3n) is 8.17. The van der Waals surface area contributed by atoms with E-state index in [1.807, 2.05) is 58.8 Å². The second-order valence-electron chi connectivity index (χ2n) is 11.4. The number of carbonyl (C=O) groups is 3. The summed E-state index contributed by atoms with van der Waals surface area (Å²) in [5, 5.41) is 21.5. The third kappa shape index (κ3) is 9.34. The molecule has 1 saturated heterocycles. The number of carbonyl (C=O) groups excluding carboxylic acids is 3. The van der Waals surface area contributed by atoms with E-state index in [-0.39, 0.29) is 36.4 Å². The van der Waals surface area contributed by atoms with Gasteiger partial charge in [0.15, 0.2) is 11.6 Å². The van der Waals surface area contributed by atoms with Gasteiger partial charge < -0.3 is 19.8 Å². The number of piperazine rings is 1. The zero-order valence-electron chi connectivity index (χ0n) is 26.7. The van der Waals surface area contributed by atoms with Gasteiger partial charge in [-0.15, -0.1) is 22.7 Å². The van der Waals surface area contributed by atoms with Crippen molar-refractivity contribution in [3.05, 3.63) is 97.0 Å². The molecule has 9 nitrogen and oxygen atoms in total. The predicted octanol–water partition coefficient (Wildman–Crippen LogP) is 6.22. The molecule has 252 valence electrons. The maximum atomic E-state index is 13.0. The molecule has 0 bridgehead atoms. The van der Waals surface area contributed by atoms with Gasteiger partial charge in [-0.3, -0.25) is 24.3 Å². The number of benzene rings is 2. The lowest BCUT2D eigenvalue weighted by Gasteiger charge is -2.34. The summed E-state index contributed by atoms with van der Waals surface area (Å²) in [7, 11) is 0. The minimum absolute atomic E-state index is 0.00158. The van der Waals surface area contributed by atoms with Crippen molar-refractivity contribution >= 4 is 61.8 Å². The summed E-state index contributed by atoms with van der Waals surface area (Å²) in [4.78, 5) is 49.2. The Morgan fingerprint density at radius 1 is 0.917 bits per heavy atom. The molecule has 3 heterocycles. The van der Waals surface area contributed by atoms with E-state index in [9.17, 15) is 19.5 Å². The monoisotopic (exact) mass is 751 g/mol. The molecule has 2 aromatic heterocycles. The molecule has 12 heteroatoms. The molecular formula is C36H38BrN3O6S2. The topological polar surface area (TPSA) is 120 Å². The highest BCUT2D eigenvalue weighted by molar-refractivity contribution is 9.10. The van der Waals surface area contributed by atoms with E-state index in [1.54, 1.807) is 19.1 Å². The molecular weight excluding hydrogens is 714 g/mol. The van der Waals surface area contributed by atoms with E-state index >= 15 is 0 Å². The first-order valence-electron chi connectivity index (χ1n) is 15.8. The first-order valence-corrected chi connectivity index (χ1v) is 18.3. The standard InChI is InChI=1S/C36H38BrN3O6S2/c1-24(29-23-47-35(34(29)44)26-7-9-28(37)10-8-26)38-22-31(43)33-13-12-32(48-33)30(42)11-4-25-2-5-27(6-3-25)36(45)40-16-14-39(15-17-40)18-20-46-21-19-41/h2-3,5-10,12-13,23,41,44H,4,11,14-22H2,1H3. The fourth-order valence-electron chi connectivity index (χ4n) is 5.32. The molecule has 1 aliphatic heterocycles. The quantitative estimate of drug-likeness (QED) is 0.0842. The van der Waals surface area contributed by atoms with Gasteiger partial charge in [-0.2, -0.15) is 0 Å². The van der Waals surface area contributed by atoms with Crippen LogP contribution in [0.15, 0.2) is 75.5 Å². The largest absolute Gasteiger partial charge is 0.506 e. The predicted molar refractivity (Wildman–Crippen MR) is 194 cm³/mol. The average Bonchev–Trinajstić information content (AvgIpc) is 3.76. The maximum Gasteiger partial charge on any atom is 0.253 e. The summed E-state index contributed by atoms with van der Waals surface area (Å²) in [6, 6.07) is 18.5. The number of hydrogen-bond donors (Lipinski definition) is 2. The number of ether oxygens (including phenoxy) is 1. The van der Waals surface area contributed by atoms with Crippen molar-refractivity contribution in [3.8, 4) is 16.2 Å². The van der Waals surface area contributed by atoms with E-state index in [0.29, 0.717) is 65.7 Å². The first-order chi connectivity index (χ1) is 23.2. The summed E-state index contributed by atoms with van der Waals surface area (Å²) in [6.07, 6.45) is 0.822. The van der Waals surface area contributed by atoms with Crippen molar-refractivity contribution in [2.75, 3.05) is 59.1 Å². The number of aryl methyl sites for hydroxylation is 1. The highest BCUT2D eigenvalue weighted by Crippen LogP contribution is 2.39. The molecule has 0 aliphatic carbocycles. The number of aliphatic hydroxyl groups excluding tert-OH is 1. The second-order valence-corrected chi connectivity index (χ2v) is 14.3. The summed E-state index contributed by atoms with van der Waals surface area (Å²) in [5.74, 6) is -0.0765. The molecule has 1 fully saturated rings. The van der Waals surface area contributed by atoms with Crippen molar-refractivity contribution in [1.29, 1.82) is 0 Å². The Morgan fingerprint density at radius 2 is 1.60 bits per heavy atom. The molecule has 0 saturated carbocycles. The molecule has 0 radical (unpaired) electrons. The molecule has 48 heavy (non-hydrogen) atoms. The number of nitrogens with zero attached hydrogens (tertiary/aromatic N) is 3. The van der Waals surface area contributed by atoms with Crippen LogP contribution in [0.1, 0.15) is 54.2 Å². The molecule has 0 atom stereocenters. The number of halogens is 1. The first kappa shape index (κ1) is 35.8. The van der Waals surface area contributed by atoms with E-state index in [4.69, 9.17) is 9.84 Å². The van der Waals surface area contributed by atoms with Crippen LogP contribution in [0.25, 0.3) is 10.4 Å². The van der Waals surface area contributed by atoms with Crippen LogP contribution in [0.2, 0.25) is 0 Å². The summed E-state index contributed by atoms with van der Waals surface area (Å²) in [6.45, 7) is 6.27. The van der Waals surface area contributed by atoms with Gasteiger partial charge in [0.05, 0.1) is 34.5 Å². The fraction of sp³-hybridized carbons (Fsp3) is 0.333. The van der Waals surface area contributed by atoms with Crippen LogP contribution in [0, 0.1) is 0 Å². The number of amides is 1. The fourth-order valence-corrected chi connectivity index (χ4v) is 7.50. The van der Waals surface area contributed by atoms with Crippen LogP contribution in [0.3, 0.4) is 0 Å². The number of hydrogen-bond acceptors (Lipinski definition) is 10. The summed E-state index contributed by atoms with van der Waals surface area (Å²) >= 11 is 6.02. The minimum atomic E-state index is -0.185. The molecule has 1 amide bonds. The Hall–Kier alpha value is -3.52. The smallest absolute Gasteiger partial charge is 0.253 e. The average molecular weight is 753 g/mol. The van der Waals surface area contributed by atoms with Crippen LogP contribution in [0.5, 0.6) is 5.75 Å². The zero-order valence-corrected chi connectivity index (χ0v) is 29.9. The maximum absolute atomic E-state index is 13.0. The molecule has 0 unspecified atom stereocenters. The molecule has 2 N–H and O–H groups in total. The van der Waals surface area contributed by atoms with E-state index in [1.165, 1.54) is 22.7 Å². The normalized spacial score (nSPS) is 14.0. The molecule has 4 aromatic rings. The molecule has 0 spiro atoms. The van der Waals surface area contributed by atoms with Crippen molar-refractivity contribution in [1.82, 2.24) is 9.80 Å². The van der Waals surface area contributed by atoms with Crippen LogP contribution >= 0.6 is 38.6 Å². The third-order valence-corrected chi connectivity index (χ3v) is 10.9. The number of ketones is 2. The van der Waals surface area contributed by atoms with Gasteiger partial charge in [-0.25, -0.2) is 0 Å². The van der Waals surface area contributed by atoms with Crippen molar-refractivity contribution in [3.63, 3.8) is 0 Å². The Labute approximate surface area is 296 Å². The Kier molecular flexibility index (Phi) is 12.8. The van der Waals surface area contributed by atoms with Crippen LogP contribution in [-0.4, -0.2) is 102 Å². The van der Waals surface area contributed by atoms with Crippen molar-refractivity contribution < 1.29 is 29.3 Å². The molecule has 5 rings (SSSR count). The summed E-state index contributed by atoms with van der Waals surface area (Å²) < 4.78 is 6.29. The Bertz CT molecular complexity index is 1740. The zero-order chi connectivity index (χ0) is 34.0. The lowest BCUT2D eigenvalue weighted by Crippen LogP contribution is -2.49. The van der Waals surface area contributed by atoms with Gasteiger partial charge in [0.1, 0.15) is 12.3 Å². The van der Waals surface area contributed by atoms with Crippen LogP contribution in [0.4, 0.5) is 0 Å². The van der Waals surface area contributed by atoms with E-state index in [2.05, 4.69) is 25.8 Å². The number of rotatable bonds is 15. The highest BCUT2D eigenvalue weighted by atomic mass is 79.9. The highest BCUT2D eigenvalue weighted by Gasteiger charge is 2.22. The van der Waals surface area contributed by atoms with E-state index in [0.717, 1.165) is 40.1 Å². The lowest BCUT2D eigenvalue weighted by molar-refractivity contribution is 0.0486. The van der Waals surface area contributed by atoms with Crippen LogP contribution in [-0.2, 0) is 11.2 Å². The van der Waals surface area contributed by atoms with Gasteiger partial charge in [-0.05, 0) is 60.9 Å². The van der Waals surface area contributed by atoms with Gasteiger partial charge >= 0.3 is 0 Å². The Morgan fingerprint density at radius 3 is 2.29 bits per heavy atom. The number of aliphatic hydroxyl groups is 1. The van der Waals surface area contributed by atoms with E-state index < -0.39 is 0 Å². The second kappa shape index (κ2) is 17.2. The lowest BCUT2D eigenvalue weighted by atomic mass is 10.0. The minimum Gasteiger partial charge on any atom is -0.506 e. The SMILES string of the molecule is CC(=NCC(=O)c1ccc(C(=O)CCc2ccc(C(=O)N3CCN(CCOCCO)CC3)cc2)s1)c1csc(-c2ccc(Br)cc2)c1O. The number of aromatic hydroxyl groups is 1. The van der Waals surface area contributed by atoms with Gasteiger partial charge in [0.25, 0.3) is 5.91 Å². The summed E-state index contributed by atoms with van der Waals surface area (Å²) in [5.41, 5.74) is 3.66.